The normalized spacial score (nSPS) is 18.9. The van der Waals surface area contributed by atoms with Crippen LogP contribution in [0.3, 0.4) is 0 Å². The molecule has 0 bridgehead atoms. The number of esters is 1. The first-order chi connectivity index (χ1) is 16.3. The Kier molecular flexibility index (Phi) is 6.18. The van der Waals surface area contributed by atoms with E-state index in [2.05, 4.69) is 17.6 Å². The Morgan fingerprint density at radius 2 is 1.94 bits per heavy atom. The number of amides is 1. The van der Waals surface area contributed by atoms with Crippen molar-refractivity contribution < 1.29 is 19.1 Å². The molecule has 1 aliphatic heterocycles. The topological polar surface area (TPSA) is 76.7 Å². The zero-order valence-corrected chi connectivity index (χ0v) is 20.9. The van der Waals surface area contributed by atoms with Crippen molar-refractivity contribution in [2.24, 2.45) is 5.92 Å². The monoisotopic (exact) mass is 516 g/mol. The van der Waals surface area contributed by atoms with E-state index in [1.807, 2.05) is 0 Å². The van der Waals surface area contributed by atoms with Crippen LogP contribution in [0.25, 0.3) is 0 Å². The number of halogens is 2. The molecule has 0 radical (unpaired) electrons. The maximum atomic E-state index is 13.0. The minimum Gasteiger partial charge on any atom is -0.493 e. The second-order valence-corrected chi connectivity index (χ2v) is 10.5. The van der Waals surface area contributed by atoms with Crippen LogP contribution in [0.4, 0.5) is 5.00 Å². The number of carbonyl (C=O) groups is 2. The third kappa shape index (κ3) is 4.24. The summed E-state index contributed by atoms with van der Waals surface area (Å²) in [5.41, 5.74) is 2.93. The van der Waals surface area contributed by atoms with Crippen LogP contribution >= 0.6 is 34.5 Å². The summed E-state index contributed by atoms with van der Waals surface area (Å²) in [6, 6.07) is 9.72. The molecule has 1 aromatic heterocycles. The highest BCUT2D eigenvalue weighted by Gasteiger charge is 2.33. The zero-order valence-electron chi connectivity index (χ0n) is 18.5. The number of nitrogens with one attached hydrogen (secondary N) is 2. The van der Waals surface area contributed by atoms with Crippen LogP contribution in [0.2, 0.25) is 10.0 Å². The molecule has 34 heavy (non-hydrogen) atoms. The molecule has 0 spiro atoms. The third-order valence-electron chi connectivity index (χ3n) is 6.16. The Morgan fingerprint density at radius 1 is 1.12 bits per heavy atom. The van der Waals surface area contributed by atoms with Crippen LogP contribution in [0.5, 0.6) is 11.5 Å². The van der Waals surface area contributed by atoms with E-state index < -0.39 is 12.1 Å². The van der Waals surface area contributed by atoms with Crippen LogP contribution in [-0.4, -0.2) is 19.0 Å². The average molecular weight is 517 g/mol. The van der Waals surface area contributed by atoms with Gasteiger partial charge in [0, 0.05) is 9.90 Å². The average Bonchev–Trinajstić information content (AvgIpc) is 3.17. The molecule has 1 aliphatic carbocycles. The molecule has 2 atom stereocenters. The molecule has 2 aromatic carbocycles. The number of hydrogen-bond donors (Lipinski definition) is 2. The van der Waals surface area contributed by atoms with Gasteiger partial charge in [-0.05, 0) is 66.6 Å². The minimum absolute atomic E-state index is 0.0716. The van der Waals surface area contributed by atoms with Crippen molar-refractivity contribution in [3.8, 4) is 11.5 Å². The first kappa shape index (κ1) is 23.0. The maximum Gasteiger partial charge on any atom is 0.345 e. The van der Waals surface area contributed by atoms with E-state index in [0.29, 0.717) is 16.7 Å². The first-order valence-electron chi connectivity index (χ1n) is 10.9. The summed E-state index contributed by atoms with van der Waals surface area (Å²) in [6.45, 7) is 2.25. The van der Waals surface area contributed by atoms with E-state index in [1.165, 1.54) is 29.7 Å². The summed E-state index contributed by atoms with van der Waals surface area (Å²) in [4.78, 5) is 26.9. The fourth-order valence-corrected chi connectivity index (χ4v) is 6.31. The van der Waals surface area contributed by atoms with E-state index in [-0.39, 0.29) is 22.2 Å². The van der Waals surface area contributed by atoms with Gasteiger partial charge in [0.2, 0.25) is 0 Å². The minimum atomic E-state index is -0.625. The van der Waals surface area contributed by atoms with Crippen LogP contribution in [0, 0.1) is 5.92 Å². The lowest BCUT2D eigenvalue weighted by Crippen LogP contribution is -2.38. The van der Waals surface area contributed by atoms with Crippen molar-refractivity contribution in [3.05, 3.63) is 73.6 Å². The van der Waals surface area contributed by atoms with Gasteiger partial charge >= 0.3 is 5.97 Å². The number of ether oxygens (including phenoxy) is 2. The van der Waals surface area contributed by atoms with Gasteiger partial charge in [0.15, 0.2) is 11.5 Å². The largest absolute Gasteiger partial charge is 0.493 e. The second kappa shape index (κ2) is 9.13. The van der Waals surface area contributed by atoms with Gasteiger partial charge in [-0.3, -0.25) is 4.79 Å². The van der Waals surface area contributed by atoms with Crippen molar-refractivity contribution in [2.75, 3.05) is 12.4 Å². The van der Waals surface area contributed by atoms with Crippen molar-refractivity contribution in [3.63, 3.8) is 0 Å². The van der Waals surface area contributed by atoms with Crippen LogP contribution in [0.1, 0.15) is 56.2 Å². The lowest BCUT2D eigenvalue weighted by atomic mass is 9.88. The molecule has 2 aliphatic rings. The van der Waals surface area contributed by atoms with Crippen molar-refractivity contribution in [1.82, 2.24) is 5.32 Å². The lowest BCUT2D eigenvalue weighted by Gasteiger charge is -2.27. The summed E-state index contributed by atoms with van der Waals surface area (Å²) in [5.74, 6) is 0.536. The van der Waals surface area contributed by atoms with Crippen LogP contribution in [0.15, 0.2) is 36.4 Å². The number of benzene rings is 2. The SMILES string of the molecule is COc1cc([C@@H]2NC(=O)c3c(sc4c3CC[C@@H](C)C4)N2)ccc1OC(=O)c1ccc(Cl)cc1Cl. The Morgan fingerprint density at radius 3 is 2.71 bits per heavy atom. The quantitative estimate of drug-likeness (QED) is 0.316. The molecule has 2 heterocycles. The van der Waals surface area contributed by atoms with Gasteiger partial charge in [0.05, 0.1) is 23.3 Å². The van der Waals surface area contributed by atoms with Crippen molar-refractivity contribution in [2.45, 2.75) is 32.4 Å². The van der Waals surface area contributed by atoms with Gasteiger partial charge in [0.1, 0.15) is 11.2 Å². The smallest absolute Gasteiger partial charge is 0.345 e. The molecule has 2 N–H and O–H groups in total. The number of carbonyl (C=O) groups excluding carboxylic acids is 2. The van der Waals surface area contributed by atoms with E-state index in [1.54, 1.807) is 35.6 Å². The number of hydrogen-bond acceptors (Lipinski definition) is 6. The van der Waals surface area contributed by atoms with Gasteiger partial charge in [-0.1, -0.05) is 36.2 Å². The van der Waals surface area contributed by atoms with E-state index >= 15 is 0 Å². The lowest BCUT2D eigenvalue weighted by molar-refractivity contribution is 0.0729. The first-order valence-corrected chi connectivity index (χ1v) is 12.5. The predicted octanol–water partition coefficient (Wildman–Crippen LogP) is 6.26. The van der Waals surface area contributed by atoms with Crippen LogP contribution < -0.4 is 20.1 Å². The number of thiophene rings is 1. The molecule has 1 amide bonds. The molecule has 0 saturated heterocycles. The van der Waals surface area contributed by atoms with Gasteiger partial charge in [-0.15, -0.1) is 11.3 Å². The van der Waals surface area contributed by atoms with E-state index in [9.17, 15) is 9.59 Å². The molecule has 176 valence electrons. The van der Waals surface area contributed by atoms with Crippen molar-refractivity contribution in [1.29, 1.82) is 0 Å². The van der Waals surface area contributed by atoms with Gasteiger partial charge < -0.3 is 20.1 Å². The molecular weight excluding hydrogens is 495 g/mol. The van der Waals surface area contributed by atoms with E-state index in [4.69, 9.17) is 32.7 Å². The summed E-state index contributed by atoms with van der Waals surface area (Å²) in [6.07, 6.45) is 2.62. The van der Waals surface area contributed by atoms with Crippen LogP contribution in [-0.2, 0) is 12.8 Å². The standard InChI is InChI=1S/C25H22Cl2N2O4S/c1-12-3-6-16-20(9-12)34-24-21(16)23(30)28-22(29-24)13-4-8-18(19(10-13)32-2)33-25(31)15-7-5-14(26)11-17(15)27/h4-5,7-8,10-12,22,29H,3,6,9H2,1-2H3,(H,28,30)/t12-,22-/m1/s1. The van der Waals surface area contributed by atoms with Gasteiger partial charge in [0.25, 0.3) is 5.91 Å². The molecule has 3 aromatic rings. The summed E-state index contributed by atoms with van der Waals surface area (Å²) in [5, 5.41) is 8.04. The van der Waals surface area contributed by atoms with Crippen molar-refractivity contribution >= 4 is 51.4 Å². The fraction of sp³-hybridized carbons (Fsp3) is 0.280. The molecule has 0 fully saturated rings. The Hall–Kier alpha value is -2.74. The molecule has 5 rings (SSSR count). The highest BCUT2D eigenvalue weighted by Crippen LogP contribution is 2.43. The summed E-state index contributed by atoms with van der Waals surface area (Å²) < 4.78 is 11.0. The fourth-order valence-electron chi connectivity index (χ4n) is 4.39. The molecule has 0 unspecified atom stereocenters. The highest BCUT2D eigenvalue weighted by molar-refractivity contribution is 7.16. The number of anilines is 1. The van der Waals surface area contributed by atoms with E-state index in [0.717, 1.165) is 35.4 Å². The Bertz CT molecular complexity index is 1310. The number of rotatable bonds is 4. The third-order valence-corrected chi connectivity index (χ3v) is 7.90. The second-order valence-electron chi connectivity index (χ2n) is 8.53. The highest BCUT2D eigenvalue weighted by atomic mass is 35.5. The zero-order chi connectivity index (χ0) is 24.0. The number of methoxy groups -OCH3 is 1. The Labute approximate surface area is 211 Å². The molecule has 9 heteroatoms. The molecule has 6 nitrogen and oxygen atoms in total. The van der Waals surface area contributed by atoms with Gasteiger partial charge in [-0.2, -0.15) is 0 Å². The summed E-state index contributed by atoms with van der Waals surface area (Å²) >= 11 is 13.7. The Balaban J connectivity index is 1.38. The molecular formula is C25H22Cl2N2O4S. The van der Waals surface area contributed by atoms with Gasteiger partial charge in [-0.25, -0.2) is 4.79 Å². The predicted molar refractivity (Wildman–Crippen MR) is 134 cm³/mol. The molecule has 0 saturated carbocycles. The number of fused-ring (bicyclic) bond motifs is 3. The summed E-state index contributed by atoms with van der Waals surface area (Å²) in [7, 11) is 1.49. The maximum absolute atomic E-state index is 13.0.